The van der Waals surface area contributed by atoms with E-state index in [2.05, 4.69) is 41.9 Å². The molecule has 0 N–H and O–H groups in total. The number of ether oxygens (including phenoxy) is 1. The first-order valence-corrected chi connectivity index (χ1v) is 5.40. The van der Waals surface area contributed by atoms with Crippen molar-refractivity contribution in [1.82, 2.24) is 0 Å². The third-order valence-corrected chi connectivity index (χ3v) is 3.13. The maximum Gasteiger partial charge on any atom is 0.0550 e. The van der Waals surface area contributed by atoms with E-state index in [1.54, 1.807) is 7.11 Å². The van der Waals surface area contributed by atoms with E-state index in [9.17, 15) is 0 Å². The molecule has 0 unspecified atom stereocenters. The summed E-state index contributed by atoms with van der Waals surface area (Å²) in [4.78, 5) is 0. The molecular formula is C11H17BrO. The van der Waals surface area contributed by atoms with Gasteiger partial charge in [0, 0.05) is 12.5 Å². The van der Waals surface area contributed by atoms with Gasteiger partial charge in [-0.3, -0.25) is 0 Å². The number of methoxy groups -OCH3 is 1. The van der Waals surface area contributed by atoms with Gasteiger partial charge < -0.3 is 4.74 Å². The molecule has 74 valence electrons. The van der Waals surface area contributed by atoms with Crippen molar-refractivity contribution >= 4 is 15.9 Å². The van der Waals surface area contributed by atoms with Crippen LogP contribution < -0.4 is 0 Å². The molecule has 0 aromatic rings. The van der Waals surface area contributed by atoms with Gasteiger partial charge in [-0.15, -0.1) is 0 Å². The molecular weight excluding hydrogens is 228 g/mol. The molecule has 0 aliphatic heterocycles. The van der Waals surface area contributed by atoms with E-state index in [-0.39, 0.29) is 5.41 Å². The van der Waals surface area contributed by atoms with Gasteiger partial charge in [0.15, 0.2) is 0 Å². The summed E-state index contributed by atoms with van der Waals surface area (Å²) in [6.45, 7) is 5.26. The Labute approximate surface area is 89.0 Å². The molecule has 0 fully saturated rings. The summed E-state index contributed by atoms with van der Waals surface area (Å²) in [5.41, 5.74) is 1.66. The van der Waals surface area contributed by atoms with Crippen molar-refractivity contribution in [3.8, 4) is 0 Å². The van der Waals surface area contributed by atoms with Crippen LogP contribution in [0, 0.1) is 5.41 Å². The molecule has 2 heteroatoms. The Balaban J connectivity index is 2.71. The summed E-state index contributed by atoms with van der Waals surface area (Å²) in [5.74, 6) is 0. The van der Waals surface area contributed by atoms with Gasteiger partial charge in [-0.1, -0.05) is 47.5 Å². The Morgan fingerprint density at radius 1 is 1.38 bits per heavy atom. The van der Waals surface area contributed by atoms with Crippen molar-refractivity contribution in [1.29, 1.82) is 0 Å². The zero-order chi connectivity index (χ0) is 9.90. The van der Waals surface area contributed by atoms with Crippen LogP contribution in [0.25, 0.3) is 0 Å². The third kappa shape index (κ3) is 2.96. The topological polar surface area (TPSA) is 9.23 Å². The molecule has 0 saturated heterocycles. The number of hydrogen-bond donors (Lipinski definition) is 0. The highest BCUT2D eigenvalue weighted by molar-refractivity contribution is 9.11. The quantitative estimate of drug-likeness (QED) is 0.737. The minimum absolute atomic E-state index is 0.180. The number of rotatable bonds is 3. The van der Waals surface area contributed by atoms with Crippen LogP contribution in [-0.2, 0) is 4.74 Å². The Morgan fingerprint density at radius 3 is 2.54 bits per heavy atom. The fraction of sp³-hybridized carbons (Fsp3) is 0.636. The summed E-state index contributed by atoms with van der Waals surface area (Å²) < 4.78 is 6.51. The Hall–Kier alpha value is -0.0800. The van der Waals surface area contributed by atoms with Crippen molar-refractivity contribution in [2.75, 3.05) is 13.7 Å². The molecule has 1 aliphatic carbocycles. The molecule has 0 aromatic carbocycles. The molecule has 0 atom stereocenters. The minimum atomic E-state index is 0.180. The van der Waals surface area contributed by atoms with Gasteiger partial charge in [0.2, 0.25) is 0 Å². The van der Waals surface area contributed by atoms with Gasteiger partial charge in [-0.25, -0.2) is 0 Å². The molecule has 0 bridgehead atoms. The first kappa shape index (κ1) is 11.0. The second-order valence-electron chi connectivity index (χ2n) is 4.12. The van der Waals surface area contributed by atoms with Gasteiger partial charge in [-0.2, -0.15) is 0 Å². The largest absolute Gasteiger partial charge is 0.384 e. The molecule has 0 radical (unpaired) electrons. The van der Waals surface area contributed by atoms with E-state index in [0.29, 0.717) is 0 Å². The Morgan fingerprint density at radius 2 is 2.08 bits per heavy atom. The van der Waals surface area contributed by atoms with Crippen LogP contribution in [0.4, 0.5) is 0 Å². The molecule has 1 nitrogen and oxygen atoms in total. The smallest absolute Gasteiger partial charge is 0.0550 e. The SMILES string of the molecule is COCC(C)(C)C1=CC=C(Br)CC1. The Kier molecular flexibility index (Phi) is 3.74. The normalized spacial score (nSPS) is 18.2. The first-order valence-electron chi connectivity index (χ1n) is 4.61. The van der Waals surface area contributed by atoms with Gasteiger partial charge in [0.25, 0.3) is 0 Å². The minimum Gasteiger partial charge on any atom is -0.384 e. The van der Waals surface area contributed by atoms with Crippen LogP contribution in [0.5, 0.6) is 0 Å². The zero-order valence-electron chi connectivity index (χ0n) is 8.56. The lowest BCUT2D eigenvalue weighted by atomic mass is 9.81. The zero-order valence-corrected chi connectivity index (χ0v) is 10.1. The highest BCUT2D eigenvalue weighted by atomic mass is 79.9. The molecule has 0 saturated carbocycles. The average molecular weight is 245 g/mol. The van der Waals surface area contributed by atoms with Crippen molar-refractivity contribution in [3.05, 3.63) is 22.2 Å². The molecule has 0 heterocycles. The summed E-state index contributed by atoms with van der Waals surface area (Å²) >= 11 is 3.51. The number of hydrogen-bond acceptors (Lipinski definition) is 1. The Bertz CT molecular complexity index is 238. The van der Waals surface area contributed by atoms with Crippen molar-refractivity contribution < 1.29 is 4.74 Å². The lowest BCUT2D eigenvalue weighted by Crippen LogP contribution is -2.22. The summed E-state index contributed by atoms with van der Waals surface area (Å²) in [6.07, 6.45) is 6.63. The van der Waals surface area contributed by atoms with E-state index in [4.69, 9.17) is 4.74 Å². The van der Waals surface area contributed by atoms with Crippen molar-refractivity contribution in [2.24, 2.45) is 5.41 Å². The second kappa shape index (κ2) is 4.43. The van der Waals surface area contributed by atoms with E-state index in [1.807, 2.05) is 0 Å². The van der Waals surface area contributed by atoms with Crippen molar-refractivity contribution in [3.63, 3.8) is 0 Å². The lowest BCUT2D eigenvalue weighted by Gasteiger charge is -2.28. The predicted molar refractivity (Wildman–Crippen MR) is 60.0 cm³/mol. The molecule has 0 aromatic heterocycles. The first-order chi connectivity index (χ1) is 6.06. The number of allylic oxidation sites excluding steroid dienone is 3. The van der Waals surface area contributed by atoms with E-state index in [1.165, 1.54) is 10.1 Å². The third-order valence-electron chi connectivity index (χ3n) is 2.47. The second-order valence-corrected chi connectivity index (χ2v) is 5.14. The molecule has 1 aliphatic rings. The van der Waals surface area contributed by atoms with E-state index < -0.39 is 0 Å². The van der Waals surface area contributed by atoms with Crippen LogP contribution in [0.2, 0.25) is 0 Å². The fourth-order valence-corrected chi connectivity index (χ4v) is 1.96. The summed E-state index contributed by atoms with van der Waals surface area (Å²) in [6, 6.07) is 0. The average Bonchev–Trinajstić information content (AvgIpc) is 2.05. The van der Waals surface area contributed by atoms with Gasteiger partial charge in [0.1, 0.15) is 0 Å². The van der Waals surface area contributed by atoms with Gasteiger partial charge in [-0.05, 0) is 17.3 Å². The molecule has 0 spiro atoms. The lowest BCUT2D eigenvalue weighted by molar-refractivity contribution is 0.124. The number of halogens is 1. The van der Waals surface area contributed by atoms with E-state index in [0.717, 1.165) is 19.4 Å². The van der Waals surface area contributed by atoms with E-state index >= 15 is 0 Å². The summed E-state index contributed by atoms with van der Waals surface area (Å²) in [5, 5.41) is 0. The highest BCUT2D eigenvalue weighted by Gasteiger charge is 2.23. The maximum atomic E-state index is 5.21. The standard InChI is InChI=1S/C11H17BrO/c1-11(2,8-13-3)9-4-6-10(12)7-5-9/h4,6H,5,7-8H2,1-3H3. The summed E-state index contributed by atoms with van der Waals surface area (Å²) in [7, 11) is 1.76. The molecule has 1 rings (SSSR count). The fourth-order valence-electron chi connectivity index (χ4n) is 1.63. The monoisotopic (exact) mass is 244 g/mol. The van der Waals surface area contributed by atoms with Crippen LogP contribution in [0.1, 0.15) is 26.7 Å². The van der Waals surface area contributed by atoms with Crippen LogP contribution >= 0.6 is 15.9 Å². The molecule has 0 amide bonds. The highest BCUT2D eigenvalue weighted by Crippen LogP contribution is 2.34. The van der Waals surface area contributed by atoms with Crippen LogP contribution in [0.15, 0.2) is 22.2 Å². The van der Waals surface area contributed by atoms with Crippen molar-refractivity contribution in [2.45, 2.75) is 26.7 Å². The van der Waals surface area contributed by atoms with Gasteiger partial charge in [0.05, 0.1) is 6.61 Å². The predicted octanol–water partition coefficient (Wildman–Crippen LogP) is 3.66. The van der Waals surface area contributed by atoms with Crippen LogP contribution in [-0.4, -0.2) is 13.7 Å². The molecule has 13 heavy (non-hydrogen) atoms. The maximum absolute atomic E-state index is 5.21. The van der Waals surface area contributed by atoms with Crippen LogP contribution in [0.3, 0.4) is 0 Å². The van der Waals surface area contributed by atoms with Gasteiger partial charge >= 0.3 is 0 Å².